The van der Waals surface area contributed by atoms with Gasteiger partial charge in [0.05, 0.1) is 5.56 Å². The normalized spacial score (nSPS) is 11.0. The van der Waals surface area contributed by atoms with Gasteiger partial charge in [0.2, 0.25) is 0 Å². The average molecular weight is 468 g/mol. The zero-order valence-corrected chi connectivity index (χ0v) is 20.9. The van der Waals surface area contributed by atoms with Crippen molar-refractivity contribution in [2.75, 3.05) is 0 Å². The second kappa shape index (κ2) is 15.5. The number of unbranched alkanes of at least 4 members (excludes halogenated alkanes) is 3. The molecule has 26 heavy (non-hydrogen) atoms. The van der Waals surface area contributed by atoms with E-state index in [0.29, 0.717) is 5.56 Å². The molecule has 2 nitrogen and oxygen atoms in total. The Labute approximate surface area is 169 Å². The molecule has 1 aromatic rings. The van der Waals surface area contributed by atoms with Crippen molar-refractivity contribution in [3.63, 3.8) is 0 Å². The number of carbonyl (C=O) groups excluding carboxylic acids is 1. The van der Waals surface area contributed by atoms with E-state index in [4.69, 9.17) is 4.74 Å². The van der Waals surface area contributed by atoms with E-state index in [0.717, 1.165) is 0 Å². The van der Waals surface area contributed by atoms with Crippen LogP contribution in [0.1, 0.15) is 90.4 Å². The van der Waals surface area contributed by atoms with Crippen LogP contribution in [0.4, 0.5) is 0 Å². The molecule has 0 aromatic heterocycles. The number of ether oxygens (including phenoxy) is 1. The maximum atomic E-state index is 11.4. The Kier molecular flexibility index (Phi) is 15.2. The molecule has 0 bridgehead atoms. The van der Waals surface area contributed by atoms with Gasteiger partial charge in [0, 0.05) is 0 Å². The predicted molar refractivity (Wildman–Crippen MR) is 117 cm³/mol. The van der Waals surface area contributed by atoms with Crippen molar-refractivity contribution in [3.05, 3.63) is 35.9 Å². The van der Waals surface area contributed by atoms with Gasteiger partial charge in [-0.05, 0) is 32.9 Å². The first-order valence-electron chi connectivity index (χ1n) is 10.5. The summed E-state index contributed by atoms with van der Waals surface area (Å²) in [5, 5.41) is 0. The predicted octanol–water partition coefficient (Wildman–Crippen LogP) is 7.52. The van der Waals surface area contributed by atoms with Gasteiger partial charge in [-0.2, -0.15) is 0 Å². The van der Waals surface area contributed by atoms with Crippen LogP contribution in [0.5, 0.6) is 0 Å². The summed E-state index contributed by atoms with van der Waals surface area (Å²) in [5.74, 6) is -0.270. The summed E-state index contributed by atoms with van der Waals surface area (Å²) in [4.78, 5) is 11.4. The maximum absolute atomic E-state index is 11.4. The van der Waals surface area contributed by atoms with Gasteiger partial charge in [-0.1, -0.05) is 18.2 Å². The summed E-state index contributed by atoms with van der Waals surface area (Å²) in [5.41, 5.74) is 0.171. The fourth-order valence-corrected chi connectivity index (χ4v) is 12.0. The van der Waals surface area contributed by atoms with Crippen LogP contribution >= 0.6 is 0 Å². The van der Waals surface area contributed by atoms with E-state index in [1.165, 1.54) is 38.5 Å². The van der Waals surface area contributed by atoms with Crippen LogP contribution in [-0.2, 0) is 4.74 Å². The molecule has 0 N–H and O–H groups in total. The Morgan fingerprint density at radius 3 is 1.62 bits per heavy atom. The molecule has 3 heteroatoms. The number of carbonyl (C=O) groups is 1. The molecule has 0 amide bonds. The second-order valence-electron chi connectivity index (χ2n) is 7.93. The van der Waals surface area contributed by atoms with E-state index in [9.17, 15) is 4.79 Å². The molecule has 0 unspecified atom stereocenters. The summed E-state index contributed by atoms with van der Waals surface area (Å²) in [6.45, 7) is 12.6. The van der Waals surface area contributed by atoms with Crippen LogP contribution in [0.3, 0.4) is 0 Å². The van der Waals surface area contributed by atoms with Crippen LogP contribution in [-0.4, -0.2) is 31.3 Å². The Morgan fingerprint density at radius 2 is 1.27 bits per heavy atom. The minimum atomic E-state index is -0.839. The van der Waals surface area contributed by atoms with E-state index in [1.54, 1.807) is 25.4 Å². The van der Waals surface area contributed by atoms with Gasteiger partial charge in [-0.3, -0.25) is 0 Å². The SMILES string of the molecule is CC(C)(C)OC(=O)c1ccccc1.CCC[CH2][Sn]([CH2]CCC)[CH2]CCC. The summed E-state index contributed by atoms with van der Waals surface area (Å²) < 4.78 is 10.2. The average Bonchev–Trinajstić information content (AvgIpc) is 2.61. The van der Waals surface area contributed by atoms with E-state index < -0.39 is 25.4 Å². The number of rotatable bonds is 10. The molecule has 0 aliphatic heterocycles. The molecule has 0 aliphatic rings. The van der Waals surface area contributed by atoms with Crippen LogP contribution in [0.25, 0.3) is 0 Å². The van der Waals surface area contributed by atoms with E-state index in [-0.39, 0.29) is 5.97 Å². The third-order valence-electron chi connectivity index (χ3n) is 4.06. The number of esters is 1. The first kappa shape index (κ1) is 25.5. The molecule has 0 heterocycles. The summed E-state index contributed by atoms with van der Waals surface area (Å²) in [7, 11) is 0. The number of hydrogen-bond acceptors (Lipinski definition) is 2. The van der Waals surface area contributed by atoms with Crippen LogP contribution in [0.2, 0.25) is 13.3 Å². The molecule has 0 atom stereocenters. The Hall–Kier alpha value is -0.511. The minimum absolute atomic E-state index is 0.270. The van der Waals surface area contributed by atoms with Crippen molar-refractivity contribution in [1.29, 1.82) is 0 Å². The fourth-order valence-electron chi connectivity index (χ4n) is 2.57. The summed E-state index contributed by atoms with van der Waals surface area (Å²) in [6.07, 6.45) is 8.85. The molecule has 0 fully saturated rings. The molecular weight excluding hydrogens is 427 g/mol. The van der Waals surface area contributed by atoms with E-state index >= 15 is 0 Å². The quantitative estimate of drug-likeness (QED) is 0.262. The molecule has 0 spiro atoms. The van der Waals surface area contributed by atoms with Gasteiger partial charge in [-0.25, -0.2) is 4.79 Å². The molecule has 149 valence electrons. The first-order valence-corrected chi connectivity index (χ1v) is 16.5. The van der Waals surface area contributed by atoms with Crippen LogP contribution in [0, 0.1) is 0 Å². The molecule has 0 saturated carbocycles. The van der Waals surface area contributed by atoms with Gasteiger partial charge < -0.3 is 4.74 Å². The van der Waals surface area contributed by atoms with Crippen molar-refractivity contribution in [1.82, 2.24) is 0 Å². The molecule has 0 aliphatic carbocycles. The number of benzene rings is 1. The van der Waals surface area contributed by atoms with Crippen molar-refractivity contribution in [3.8, 4) is 0 Å². The molecule has 1 aromatic carbocycles. The monoisotopic (exact) mass is 469 g/mol. The van der Waals surface area contributed by atoms with Crippen molar-refractivity contribution in [2.45, 2.75) is 99.0 Å². The van der Waals surface area contributed by atoms with Crippen molar-refractivity contribution < 1.29 is 9.53 Å². The van der Waals surface area contributed by atoms with Gasteiger partial charge in [-0.15, -0.1) is 0 Å². The van der Waals surface area contributed by atoms with Crippen molar-refractivity contribution >= 4 is 25.7 Å². The van der Waals surface area contributed by atoms with Gasteiger partial charge >= 0.3 is 98.3 Å². The zero-order valence-electron chi connectivity index (χ0n) is 18.1. The molecule has 0 saturated heterocycles. The first-order chi connectivity index (χ1) is 12.3. The number of hydrogen-bond donors (Lipinski definition) is 0. The Balaban J connectivity index is 0.000000481. The van der Waals surface area contributed by atoms with Crippen LogP contribution in [0.15, 0.2) is 30.3 Å². The standard InChI is InChI=1S/C11H14O2.3C4H9.Sn/c1-11(2,3)13-10(12)9-7-5-4-6-8-9;3*1-3-4-2;/h4-8H,1-3H3;3*1,3-4H2,2H3;. The van der Waals surface area contributed by atoms with Gasteiger partial charge in [0.15, 0.2) is 0 Å². The molecule has 1 radical (unpaired) electrons. The third kappa shape index (κ3) is 14.6. The van der Waals surface area contributed by atoms with Gasteiger partial charge in [0.1, 0.15) is 5.60 Å². The summed E-state index contributed by atoms with van der Waals surface area (Å²) >= 11 is -0.839. The third-order valence-corrected chi connectivity index (χ3v) is 13.1. The fraction of sp³-hybridized carbons (Fsp3) is 0.696. The van der Waals surface area contributed by atoms with E-state index in [2.05, 4.69) is 20.8 Å². The molecule has 1 rings (SSSR count). The Bertz CT molecular complexity index is 432. The topological polar surface area (TPSA) is 26.3 Å². The molecular formula is C23H41O2Sn. The van der Waals surface area contributed by atoms with Crippen LogP contribution < -0.4 is 0 Å². The zero-order chi connectivity index (χ0) is 19.8. The van der Waals surface area contributed by atoms with Crippen molar-refractivity contribution in [2.24, 2.45) is 0 Å². The Morgan fingerprint density at radius 1 is 0.846 bits per heavy atom. The summed E-state index contributed by atoms with van der Waals surface area (Å²) in [6, 6.07) is 8.99. The van der Waals surface area contributed by atoms with E-state index in [1.807, 2.05) is 39.0 Å². The van der Waals surface area contributed by atoms with Gasteiger partial charge in [0.25, 0.3) is 0 Å². The second-order valence-corrected chi connectivity index (χ2v) is 16.5.